The fraction of sp³-hybridized carbons (Fsp3) is 0.462. The number of morpholine rings is 1. The van der Waals surface area contributed by atoms with Crippen LogP contribution in [0.4, 0.5) is 11.6 Å². The molecule has 3 aromatic heterocycles. The molecule has 176 valence electrons. The third-order valence-corrected chi connectivity index (χ3v) is 8.10. The molecule has 0 radical (unpaired) electrons. The number of hydrogen-bond donors (Lipinski definition) is 1. The lowest BCUT2D eigenvalue weighted by Gasteiger charge is -2.31. The fourth-order valence-corrected chi connectivity index (χ4v) is 6.31. The smallest absolute Gasteiger partial charge is 0.170 e. The molecule has 0 amide bonds. The van der Waals surface area contributed by atoms with Crippen LogP contribution in [0.3, 0.4) is 0 Å². The minimum atomic E-state index is 0.274. The zero-order valence-corrected chi connectivity index (χ0v) is 20.4. The van der Waals surface area contributed by atoms with Gasteiger partial charge in [0, 0.05) is 24.5 Å². The van der Waals surface area contributed by atoms with E-state index in [-0.39, 0.29) is 6.04 Å². The van der Waals surface area contributed by atoms with E-state index >= 15 is 0 Å². The first kappa shape index (κ1) is 21.7. The largest absolute Gasteiger partial charge is 0.378 e. The highest BCUT2D eigenvalue weighted by molar-refractivity contribution is 7.26. The van der Waals surface area contributed by atoms with Crippen LogP contribution in [-0.4, -0.2) is 52.7 Å². The van der Waals surface area contributed by atoms with E-state index in [9.17, 15) is 0 Å². The molecule has 0 spiro atoms. The first-order valence-electron chi connectivity index (χ1n) is 12.4. The summed E-state index contributed by atoms with van der Waals surface area (Å²) in [5, 5.41) is 17.9. The molecule has 7 nitrogen and oxygen atoms in total. The monoisotopic (exact) mass is 474 g/mol. The van der Waals surface area contributed by atoms with Crippen molar-refractivity contribution in [2.45, 2.75) is 51.5 Å². The van der Waals surface area contributed by atoms with Crippen LogP contribution in [0.5, 0.6) is 0 Å². The lowest BCUT2D eigenvalue weighted by molar-refractivity contribution is 0.122. The van der Waals surface area contributed by atoms with Crippen molar-refractivity contribution in [3.63, 3.8) is 0 Å². The zero-order chi connectivity index (χ0) is 22.9. The molecule has 0 saturated carbocycles. The quantitative estimate of drug-likeness (QED) is 0.431. The Balaban J connectivity index is 1.36. The van der Waals surface area contributed by atoms with Crippen molar-refractivity contribution in [3.8, 4) is 0 Å². The number of rotatable bonds is 6. The van der Waals surface area contributed by atoms with Gasteiger partial charge in [0.1, 0.15) is 20.9 Å². The van der Waals surface area contributed by atoms with Crippen molar-refractivity contribution in [1.82, 2.24) is 20.4 Å². The van der Waals surface area contributed by atoms with Crippen molar-refractivity contribution in [2.24, 2.45) is 0 Å². The number of hydrogen-bond acceptors (Lipinski definition) is 8. The number of aryl methyl sites for hydroxylation is 2. The standard InChI is InChI=1S/C26H30N6OS/c1-17(11-12-18-7-3-2-4-8-18)27-24-23-22(29-31-30-24)21-19-9-5-6-10-20(19)25(28-26(21)34-23)32-13-15-33-16-14-32/h2-4,7-8,17H,5-6,9-16H2,1H3,(H,27,29,30)/t17-/m1/s1. The minimum absolute atomic E-state index is 0.274. The van der Waals surface area contributed by atoms with E-state index in [1.165, 1.54) is 34.9 Å². The Labute approximate surface area is 203 Å². The number of pyridine rings is 1. The number of aromatic nitrogens is 4. The molecule has 0 unspecified atom stereocenters. The number of ether oxygens (including phenoxy) is 1. The molecule has 2 aliphatic rings. The summed E-state index contributed by atoms with van der Waals surface area (Å²) in [5.41, 5.74) is 5.14. The van der Waals surface area contributed by atoms with Gasteiger partial charge in [-0.15, -0.1) is 21.5 Å². The van der Waals surface area contributed by atoms with E-state index in [4.69, 9.17) is 9.72 Å². The van der Waals surface area contributed by atoms with Crippen LogP contribution in [0, 0.1) is 0 Å². The van der Waals surface area contributed by atoms with Gasteiger partial charge in [-0.1, -0.05) is 30.3 Å². The van der Waals surface area contributed by atoms with Gasteiger partial charge in [0.2, 0.25) is 0 Å². The highest BCUT2D eigenvalue weighted by Crippen LogP contribution is 2.42. The van der Waals surface area contributed by atoms with E-state index in [0.29, 0.717) is 0 Å². The minimum Gasteiger partial charge on any atom is -0.378 e. The highest BCUT2D eigenvalue weighted by atomic mass is 32.1. The summed E-state index contributed by atoms with van der Waals surface area (Å²) in [5.74, 6) is 1.98. The molecule has 1 aliphatic carbocycles. The number of benzene rings is 1. The zero-order valence-electron chi connectivity index (χ0n) is 19.6. The summed E-state index contributed by atoms with van der Waals surface area (Å²) in [6, 6.07) is 10.9. The molecule has 1 N–H and O–H groups in total. The Kier molecular flexibility index (Phi) is 6.01. The topological polar surface area (TPSA) is 76.1 Å². The van der Waals surface area contributed by atoms with Gasteiger partial charge in [0.25, 0.3) is 0 Å². The summed E-state index contributed by atoms with van der Waals surface area (Å²) in [6.45, 7) is 5.56. The first-order chi connectivity index (χ1) is 16.8. The van der Waals surface area contributed by atoms with Crippen LogP contribution in [0.15, 0.2) is 30.3 Å². The van der Waals surface area contributed by atoms with Crippen LogP contribution >= 0.6 is 11.3 Å². The average molecular weight is 475 g/mol. The van der Waals surface area contributed by atoms with E-state index < -0.39 is 0 Å². The van der Waals surface area contributed by atoms with Gasteiger partial charge in [0.15, 0.2) is 5.82 Å². The molecule has 1 fully saturated rings. The maximum atomic E-state index is 5.60. The van der Waals surface area contributed by atoms with E-state index in [0.717, 1.165) is 78.7 Å². The second-order valence-corrected chi connectivity index (χ2v) is 10.4. The third-order valence-electron chi connectivity index (χ3n) is 7.02. The predicted molar refractivity (Wildman–Crippen MR) is 138 cm³/mol. The normalized spacial score (nSPS) is 17.1. The molecular weight excluding hydrogens is 444 g/mol. The Hall–Kier alpha value is -2.84. The molecule has 4 aromatic rings. The SMILES string of the molecule is C[C@H](CCc1ccccc1)Nc1nnnc2c1sc1nc(N3CCOCC3)c3c(c12)CCCC3. The molecule has 8 heteroatoms. The Morgan fingerprint density at radius 3 is 2.68 bits per heavy atom. The molecule has 1 atom stereocenters. The second-order valence-electron chi connectivity index (χ2n) is 9.37. The van der Waals surface area contributed by atoms with E-state index in [1.807, 2.05) is 0 Å². The Morgan fingerprint density at radius 1 is 1.06 bits per heavy atom. The summed E-state index contributed by atoms with van der Waals surface area (Å²) >= 11 is 1.70. The number of nitrogens with zero attached hydrogens (tertiary/aromatic N) is 5. The van der Waals surface area contributed by atoms with Crippen molar-refractivity contribution in [3.05, 3.63) is 47.0 Å². The van der Waals surface area contributed by atoms with Crippen LogP contribution in [0.1, 0.15) is 42.9 Å². The number of nitrogens with one attached hydrogen (secondary N) is 1. The van der Waals surface area contributed by atoms with Gasteiger partial charge in [-0.3, -0.25) is 0 Å². The van der Waals surface area contributed by atoms with Gasteiger partial charge in [-0.25, -0.2) is 4.98 Å². The number of thiophene rings is 1. The fourth-order valence-electron chi connectivity index (χ4n) is 5.23. The molecule has 1 aliphatic heterocycles. The van der Waals surface area contributed by atoms with Crippen molar-refractivity contribution in [1.29, 1.82) is 0 Å². The maximum absolute atomic E-state index is 5.60. The van der Waals surface area contributed by atoms with E-state index in [1.54, 1.807) is 11.3 Å². The number of fused-ring (bicyclic) bond motifs is 5. The number of anilines is 2. The Morgan fingerprint density at radius 2 is 1.85 bits per heavy atom. The van der Waals surface area contributed by atoms with Crippen molar-refractivity contribution < 1.29 is 4.74 Å². The third kappa shape index (κ3) is 4.09. The van der Waals surface area contributed by atoms with Crippen molar-refractivity contribution >= 4 is 43.4 Å². The van der Waals surface area contributed by atoms with E-state index in [2.05, 4.69) is 62.9 Å². The summed E-state index contributed by atoms with van der Waals surface area (Å²) in [6.07, 6.45) is 6.65. The van der Waals surface area contributed by atoms with Gasteiger partial charge in [-0.05, 0) is 67.4 Å². The van der Waals surface area contributed by atoms with Gasteiger partial charge in [-0.2, -0.15) is 0 Å². The van der Waals surface area contributed by atoms with Crippen LogP contribution in [0.2, 0.25) is 0 Å². The van der Waals surface area contributed by atoms with Gasteiger partial charge in [0.05, 0.1) is 13.2 Å². The summed E-state index contributed by atoms with van der Waals surface area (Å²) in [7, 11) is 0. The predicted octanol–water partition coefficient (Wildman–Crippen LogP) is 4.78. The molecule has 0 bridgehead atoms. The lowest BCUT2D eigenvalue weighted by Crippen LogP contribution is -2.37. The second kappa shape index (κ2) is 9.43. The lowest BCUT2D eigenvalue weighted by atomic mass is 9.90. The summed E-state index contributed by atoms with van der Waals surface area (Å²) in [4.78, 5) is 8.68. The van der Waals surface area contributed by atoms with Crippen LogP contribution in [-0.2, 0) is 24.0 Å². The highest BCUT2D eigenvalue weighted by Gasteiger charge is 2.26. The summed E-state index contributed by atoms with van der Waals surface area (Å²) < 4.78 is 6.67. The molecular formula is C26H30N6OS. The molecule has 34 heavy (non-hydrogen) atoms. The van der Waals surface area contributed by atoms with Crippen LogP contribution < -0.4 is 10.2 Å². The van der Waals surface area contributed by atoms with Crippen molar-refractivity contribution in [2.75, 3.05) is 36.5 Å². The molecule has 1 saturated heterocycles. The molecule has 4 heterocycles. The molecule has 1 aromatic carbocycles. The molecule has 6 rings (SSSR count). The average Bonchev–Trinajstić information content (AvgIpc) is 3.28. The van der Waals surface area contributed by atoms with Gasteiger partial charge < -0.3 is 15.0 Å². The first-order valence-corrected chi connectivity index (χ1v) is 13.2. The maximum Gasteiger partial charge on any atom is 0.170 e. The van der Waals surface area contributed by atoms with Crippen LogP contribution in [0.25, 0.3) is 20.4 Å². The van der Waals surface area contributed by atoms with Gasteiger partial charge >= 0.3 is 0 Å². The Bertz CT molecular complexity index is 1300.